The quantitative estimate of drug-likeness (QED) is 0.492. The lowest BCUT2D eigenvalue weighted by Gasteiger charge is -2.10. The van der Waals surface area contributed by atoms with Crippen molar-refractivity contribution in [1.29, 1.82) is 0 Å². The van der Waals surface area contributed by atoms with Crippen LogP contribution in [0.4, 0.5) is 0 Å². The zero-order valence-corrected chi connectivity index (χ0v) is 8.04. The van der Waals surface area contributed by atoms with Crippen molar-refractivity contribution in [1.82, 2.24) is 0 Å². The number of hydrogen-bond donors (Lipinski definition) is 0. The van der Waals surface area contributed by atoms with Gasteiger partial charge in [-0.15, -0.1) is 0 Å². The Balaban J connectivity index is 2.17. The number of carbonyl (C=O) groups is 1. The lowest BCUT2D eigenvalue weighted by atomic mass is 10.2. The summed E-state index contributed by atoms with van der Waals surface area (Å²) >= 11 is 0. The molecule has 1 heterocycles. The minimum atomic E-state index is -0.294. The zero-order chi connectivity index (χ0) is 9.68. The fourth-order valence-electron chi connectivity index (χ4n) is 1.19. The van der Waals surface area contributed by atoms with E-state index in [1.165, 1.54) is 0 Å². The summed E-state index contributed by atoms with van der Waals surface area (Å²) in [5, 5.41) is 0. The van der Waals surface area contributed by atoms with Crippen LogP contribution in [0.1, 0.15) is 26.2 Å². The Morgan fingerprint density at radius 3 is 3.00 bits per heavy atom. The molecule has 0 saturated carbocycles. The predicted octanol–water partition coefficient (Wildman–Crippen LogP) is 1.67. The van der Waals surface area contributed by atoms with E-state index in [2.05, 4.69) is 6.58 Å². The van der Waals surface area contributed by atoms with E-state index in [4.69, 9.17) is 9.47 Å². The Morgan fingerprint density at radius 2 is 2.46 bits per heavy atom. The third-order valence-corrected chi connectivity index (χ3v) is 2.14. The first-order chi connectivity index (χ1) is 6.24. The Kier molecular flexibility index (Phi) is 3.96. The van der Waals surface area contributed by atoms with E-state index in [0.717, 1.165) is 19.4 Å². The highest BCUT2D eigenvalue weighted by Gasteiger charge is 2.17. The molecule has 0 aromatic heterocycles. The van der Waals surface area contributed by atoms with Gasteiger partial charge in [-0.25, -0.2) is 4.79 Å². The lowest BCUT2D eigenvalue weighted by molar-refractivity contribution is -0.142. The van der Waals surface area contributed by atoms with E-state index >= 15 is 0 Å². The molecule has 0 N–H and O–H groups in total. The number of hydrogen-bond acceptors (Lipinski definition) is 3. The first-order valence-corrected chi connectivity index (χ1v) is 4.70. The molecule has 74 valence electrons. The summed E-state index contributed by atoms with van der Waals surface area (Å²) in [7, 11) is 0. The van der Waals surface area contributed by atoms with Crippen LogP contribution in [0.5, 0.6) is 0 Å². The predicted molar refractivity (Wildman–Crippen MR) is 49.4 cm³/mol. The number of esters is 1. The smallest absolute Gasteiger partial charge is 0.333 e. The van der Waals surface area contributed by atoms with Gasteiger partial charge < -0.3 is 9.47 Å². The van der Waals surface area contributed by atoms with Crippen molar-refractivity contribution >= 4 is 5.97 Å². The second-order valence-electron chi connectivity index (χ2n) is 3.19. The van der Waals surface area contributed by atoms with Gasteiger partial charge in [0.1, 0.15) is 6.61 Å². The lowest BCUT2D eigenvalue weighted by Crippen LogP contribution is -2.18. The Morgan fingerprint density at radius 1 is 1.69 bits per heavy atom. The minimum absolute atomic E-state index is 0.105. The molecular formula is C10H16O3. The first kappa shape index (κ1) is 10.3. The van der Waals surface area contributed by atoms with E-state index in [1.54, 1.807) is 0 Å². The minimum Gasteiger partial charge on any atom is -0.460 e. The van der Waals surface area contributed by atoms with Crippen LogP contribution in [0.15, 0.2) is 12.2 Å². The highest BCUT2D eigenvalue weighted by Crippen LogP contribution is 2.12. The molecule has 0 aromatic rings. The van der Waals surface area contributed by atoms with Gasteiger partial charge in [-0.3, -0.25) is 0 Å². The zero-order valence-electron chi connectivity index (χ0n) is 8.04. The summed E-state index contributed by atoms with van der Waals surface area (Å²) in [6.45, 7) is 6.65. The average molecular weight is 184 g/mol. The van der Waals surface area contributed by atoms with Gasteiger partial charge in [0.25, 0.3) is 0 Å². The topological polar surface area (TPSA) is 35.5 Å². The molecule has 0 aliphatic carbocycles. The van der Waals surface area contributed by atoms with E-state index in [9.17, 15) is 4.79 Å². The van der Waals surface area contributed by atoms with Gasteiger partial charge in [0.2, 0.25) is 0 Å². The van der Waals surface area contributed by atoms with Gasteiger partial charge >= 0.3 is 5.97 Å². The Hall–Kier alpha value is -0.830. The summed E-state index contributed by atoms with van der Waals surface area (Å²) in [6.07, 6.45) is 2.81. The third kappa shape index (κ3) is 3.19. The van der Waals surface area contributed by atoms with Crippen LogP contribution in [-0.4, -0.2) is 25.3 Å². The molecule has 1 fully saturated rings. The van der Waals surface area contributed by atoms with Crippen molar-refractivity contribution in [2.24, 2.45) is 0 Å². The summed E-state index contributed by atoms with van der Waals surface area (Å²) in [6, 6.07) is 0. The summed E-state index contributed by atoms with van der Waals surface area (Å²) in [5.41, 5.74) is 0.526. The second-order valence-corrected chi connectivity index (χ2v) is 3.19. The van der Waals surface area contributed by atoms with Crippen LogP contribution in [0.3, 0.4) is 0 Å². The molecule has 1 aliphatic rings. The molecule has 1 atom stereocenters. The van der Waals surface area contributed by atoms with Crippen LogP contribution in [0.2, 0.25) is 0 Å². The highest BCUT2D eigenvalue weighted by atomic mass is 16.6. The largest absolute Gasteiger partial charge is 0.460 e. The van der Waals surface area contributed by atoms with E-state index in [0.29, 0.717) is 18.6 Å². The van der Waals surface area contributed by atoms with Crippen LogP contribution in [-0.2, 0) is 14.3 Å². The van der Waals surface area contributed by atoms with Gasteiger partial charge in [0, 0.05) is 12.2 Å². The molecule has 0 radical (unpaired) electrons. The second kappa shape index (κ2) is 5.02. The molecule has 0 bridgehead atoms. The fraction of sp³-hybridized carbons (Fsp3) is 0.700. The Labute approximate surface area is 78.7 Å². The molecule has 1 rings (SSSR count). The standard InChI is InChI=1S/C10H16O3/c1-3-8(2)10(11)13-7-9-5-4-6-12-9/h9H,2-7H2,1H3. The average Bonchev–Trinajstić information content (AvgIpc) is 2.65. The number of ether oxygens (including phenoxy) is 2. The van der Waals surface area contributed by atoms with Gasteiger partial charge in [0.05, 0.1) is 6.10 Å². The monoisotopic (exact) mass is 184 g/mol. The molecule has 0 spiro atoms. The van der Waals surface area contributed by atoms with Crippen molar-refractivity contribution in [3.63, 3.8) is 0 Å². The highest BCUT2D eigenvalue weighted by molar-refractivity contribution is 5.87. The van der Waals surface area contributed by atoms with Gasteiger partial charge in [-0.05, 0) is 19.3 Å². The van der Waals surface area contributed by atoms with Crippen molar-refractivity contribution in [3.05, 3.63) is 12.2 Å². The normalized spacial score (nSPS) is 21.5. The summed E-state index contributed by atoms with van der Waals surface area (Å²) in [4.78, 5) is 11.2. The maximum Gasteiger partial charge on any atom is 0.333 e. The van der Waals surface area contributed by atoms with Crippen LogP contribution >= 0.6 is 0 Å². The van der Waals surface area contributed by atoms with E-state index < -0.39 is 0 Å². The molecule has 1 unspecified atom stereocenters. The van der Waals surface area contributed by atoms with Crippen molar-refractivity contribution in [2.75, 3.05) is 13.2 Å². The number of rotatable bonds is 4. The molecule has 13 heavy (non-hydrogen) atoms. The van der Waals surface area contributed by atoms with Gasteiger partial charge in [-0.2, -0.15) is 0 Å². The maximum absolute atomic E-state index is 11.2. The SMILES string of the molecule is C=C(CC)C(=O)OCC1CCCO1. The van der Waals surface area contributed by atoms with Crippen molar-refractivity contribution in [2.45, 2.75) is 32.3 Å². The molecule has 3 nitrogen and oxygen atoms in total. The maximum atomic E-state index is 11.2. The summed E-state index contributed by atoms with van der Waals surface area (Å²) in [5.74, 6) is -0.294. The summed E-state index contributed by atoms with van der Waals surface area (Å²) < 4.78 is 10.3. The van der Waals surface area contributed by atoms with E-state index in [1.807, 2.05) is 6.92 Å². The fourth-order valence-corrected chi connectivity index (χ4v) is 1.19. The first-order valence-electron chi connectivity index (χ1n) is 4.70. The molecule has 1 aliphatic heterocycles. The molecule has 3 heteroatoms. The van der Waals surface area contributed by atoms with Gasteiger partial charge in [0.15, 0.2) is 0 Å². The Bertz CT molecular complexity index is 192. The third-order valence-electron chi connectivity index (χ3n) is 2.14. The van der Waals surface area contributed by atoms with Crippen molar-refractivity contribution in [3.8, 4) is 0 Å². The van der Waals surface area contributed by atoms with Crippen LogP contribution in [0, 0.1) is 0 Å². The molecule has 0 aromatic carbocycles. The van der Waals surface area contributed by atoms with E-state index in [-0.39, 0.29) is 12.1 Å². The van der Waals surface area contributed by atoms with Gasteiger partial charge in [-0.1, -0.05) is 13.5 Å². The van der Waals surface area contributed by atoms with Crippen molar-refractivity contribution < 1.29 is 14.3 Å². The van der Waals surface area contributed by atoms with Crippen LogP contribution < -0.4 is 0 Å². The molecular weight excluding hydrogens is 168 g/mol. The molecule has 1 saturated heterocycles. The number of carbonyl (C=O) groups excluding carboxylic acids is 1. The molecule has 0 amide bonds. The van der Waals surface area contributed by atoms with Crippen LogP contribution in [0.25, 0.3) is 0 Å².